The quantitative estimate of drug-likeness (QED) is 0.391. The van der Waals surface area contributed by atoms with Crippen molar-refractivity contribution in [2.24, 2.45) is 0 Å². The van der Waals surface area contributed by atoms with Gasteiger partial charge in [0.05, 0.1) is 13.0 Å². The molecule has 1 aromatic carbocycles. The monoisotopic (exact) mass is 372 g/mol. The van der Waals surface area contributed by atoms with Gasteiger partial charge in [-0.05, 0) is 25.5 Å². The first-order chi connectivity index (χ1) is 11.5. The van der Waals surface area contributed by atoms with Crippen molar-refractivity contribution in [1.29, 1.82) is 0 Å². The Balaban J connectivity index is 1.94. The van der Waals surface area contributed by atoms with Crippen molar-refractivity contribution in [2.75, 3.05) is 6.61 Å². The van der Waals surface area contributed by atoms with Gasteiger partial charge in [0.2, 0.25) is 5.89 Å². The fraction of sp³-hybridized carbons (Fsp3) is 0.438. The van der Waals surface area contributed by atoms with E-state index in [1.54, 1.807) is 13.0 Å². The summed E-state index contributed by atoms with van der Waals surface area (Å²) in [6, 6.07) is 4.45. The molecule has 1 heterocycles. The highest BCUT2D eigenvalue weighted by Gasteiger charge is 2.20. The molecule has 0 amide bonds. The number of hydrogen-bond acceptors (Lipinski definition) is 6. The molecule has 1 unspecified atom stereocenters. The zero-order valence-corrected chi connectivity index (χ0v) is 15.0. The van der Waals surface area contributed by atoms with Crippen LogP contribution in [0.1, 0.15) is 38.1 Å². The number of carbonyl (C=O) groups excluding carboxylic acids is 1. The molecular weight excluding hydrogens is 355 g/mol. The van der Waals surface area contributed by atoms with Crippen molar-refractivity contribution in [1.82, 2.24) is 10.2 Å². The lowest BCUT2D eigenvalue weighted by molar-refractivity contribution is -0.142. The van der Waals surface area contributed by atoms with Gasteiger partial charge in [-0.1, -0.05) is 42.8 Å². The highest BCUT2D eigenvalue weighted by atomic mass is 35.5. The molecule has 0 aliphatic rings. The van der Waals surface area contributed by atoms with Crippen molar-refractivity contribution in [3.05, 3.63) is 40.5 Å². The number of aromatic nitrogens is 2. The highest BCUT2D eigenvalue weighted by molar-refractivity contribution is 8.00. The maximum Gasteiger partial charge on any atom is 0.319 e. The molecule has 5 nitrogen and oxygen atoms in total. The zero-order chi connectivity index (χ0) is 17.5. The number of halogens is 2. The number of unbranched alkanes of at least 4 members (excludes halogenated alkanes) is 1. The molecule has 1 atom stereocenters. The molecular formula is C16H18ClFN2O3S. The van der Waals surface area contributed by atoms with Crippen LogP contribution in [0, 0.1) is 5.82 Å². The van der Waals surface area contributed by atoms with Gasteiger partial charge in [0.1, 0.15) is 11.1 Å². The summed E-state index contributed by atoms with van der Waals surface area (Å²) in [4.78, 5) is 11.8. The van der Waals surface area contributed by atoms with Crippen LogP contribution in [0.4, 0.5) is 4.39 Å². The van der Waals surface area contributed by atoms with Crippen molar-refractivity contribution >= 4 is 29.3 Å². The van der Waals surface area contributed by atoms with Gasteiger partial charge in [0.15, 0.2) is 0 Å². The number of nitrogens with zero attached hydrogens (tertiary/aromatic N) is 2. The maximum atomic E-state index is 13.8. The largest absolute Gasteiger partial charge is 0.465 e. The average Bonchev–Trinajstić information content (AvgIpc) is 2.98. The first-order valence-electron chi connectivity index (χ1n) is 7.59. The van der Waals surface area contributed by atoms with Crippen LogP contribution in [0.15, 0.2) is 27.8 Å². The van der Waals surface area contributed by atoms with Crippen molar-refractivity contribution in [3.8, 4) is 0 Å². The number of hydrogen-bond donors (Lipinski definition) is 0. The van der Waals surface area contributed by atoms with Crippen LogP contribution in [0.25, 0.3) is 0 Å². The van der Waals surface area contributed by atoms with Crippen LogP contribution in [0.5, 0.6) is 0 Å². The third-order valence-corrected chi connectivity index (χ3v) is 4.46. The van der Waals surface area contributed by atoms with Crippen LogP contribution in [0.3, 0.4) is 0 Å². The molecule has 1 aromatic heterocycles. The highest BCUT2D eigenvalue weighted by Crippen LogP contribution is 2.26. The van der Waals surface area contributed by atoms with Crippen molar-refractivity contribution in [2.45, 2.75) is 43.6 Å². The fourth-order valence-electron chi connectivity index (χ4n) is 1.84. The lowest BCUT2D eigenvalue weighted by Crippen LogP contribution is -2.17. The van der Waals surface area contributed by atoms with E-state index in [0.29, 0.717) is 17.2 Å². The van der Waals surface area contributed by atoms with E-state index in [-0.39, 0.29) is 23.5 Å². The van der Waals surface area contributed by atoms with Gasteiger partial charge in [-0.2, -0.15) is 0 Å². The lowest BCUT2D eigenvalue weighted by atomic mass is 10.1. The number of thioether (sulfide) groups is 1. The topological polar surface area (TPSA) is 65.2 Å². The molecule has 8 heteroatoms. The maximum absolute atomic E-state index is 13.8. The Morgan fingerprint density at radius 1 is 1.46 bits per heavy atom. The predicted octanol–water partition coefficient (Wildman–Crippen LogP) is 4.28. The summed E-state index contributed by atoms with van der Waals surface area (Å²) in [6.07, 6.45) is 1.88. The normalized spacial score (nSPS) is 12.2. The number of ether oxygens (including phenoxy) is 1. The summed E-state index contributed by atoms with van der Waals surface area (Å²) in [5, 5.41) is 7.80. The Bertz CT molecular complexity index is 675. The Kier molecular flexibility index (Phi) is 7.05. The minimum absolute atomic E-state index is 0.0917. The first kappa shape index (κ1) is 18.7. The van der Waals surface area contributed by atoms with Gasteiger partial charge < -0.3 is 9.15 Å². The number of esters is 1. The molecule has 0 N–H and O–H groups in total. The molecule has 0 fully saturated rings. The van der Waals surface area contributed by atoms with E-state index in [4.69, 9.17) is 20.8 Å². The fourth-order valence-corrected chi connectivity index (χ4v) is 2.77. The molecule has 0 aliphatic carbocycles. The first-order valence-corrected chi connectivity index (χ1v) is 8.85. The van der Waals surface area contributed by atoms with E-state index in [9.17, 15) is 9.18 Å². The summed E-state index contributed by atoms with van der Waals surface area (Å²) in [6.45, 7) is 4.13. The van der Waals surface area contributed by atoms with Crippen molar-refractivity contribution < 1.29 is 18.3 Å². The van der Waals surface area contributed by atoms with E-state index < -0.39 is 11.1 Å². The van der Waals surface area contributed by atoms with Gasteiger partial charge >= 0.3 is 5.97 Å². The molecule has 2 rings (SSSR count). The average molecular weight is 373 g/mol. The third kappa shape index (κ3) is 5.21. The molecule has 0 spiro atoms. The Morgan fingerprint density at radius 3 is 2.96 bits per heavy atom. The van der Waals surface area contributed by atoms with Crippen LogP contribution >= 0.6 is 23.4 Å². The van der Waals surface area contributed by atoms with Crippen LogP contribution in [0.2, 0.25) is 5.02 Å². The minimum atomic E-state index is -0.466. The van der Waals surface area contributed by atoms with Gasteiger partial charge in [0, 0.05) is 10.6 Å². The lowest BCUT2D eigenvalue weighted by Gasteiger charge is -2.08. The number of benzene rings is 1. The Morgan fingerprint density at radius 2 is 2.25 bits per heavy atom. The van der Waals surface area contributed by atoms with Gasteiger partial charge in [-0.15, -0.1) is 10.2 Å². The second-order valence-electron chi connectivity index (χ2n) is 5.12. The summed E-state index contributed by atoms with van der Waals surface area (Å²) >= 11 is 7.08. The Labute approximate surface area is 148 Å². The second kappa shape index (κ2) is 9.03. The van der Waals surface area contributed by atoms with Gasteiger partial charge in [-0.25, -0.2) is 4.39 Å². The Hall–Kier alpha value is -1.60. The smallest absolute Gasteiger partial charge is 0.319 e. The zero-order valence-electron chi connectivity index (χ0n) is 13.4. The SMILES string of the molecule is CCCCOC(=O)C(C)Sc1nnc(Cc2c(F)cccc2Cl)o1. The second-order valence-corrected chi connectivity index (χ2v) is 6.82. The summed E-state index contributed by atoms with van der Waals surface area (Å²) in [5.41, 5.74) is 0.298. The van der Waals surface area contributed by atoms with Crippen molar-refractivity contribution in [3.63, 3.8) is 0 Å². The molecule has 24 heavy (non-hydrogen) atoms. The molecule has 0 saturated heterocycles. The molecule has 0 saturated carbocycles. The molecule has 0 aliphatic heterocycles. The summed E-state index contributed by atoms with van der Waals surface area (Å²) < 4.78 is 24.4. The standard InChI is InChI=1S/C16H18ClFN2O3S/c1-3-4-8-22-15(21)10(2)24-16-20-19-14(23-16)9-11-12(17)6-5-7-13(11)18/h5-7,10H,3-4,8-9H2,1-2H3. The van der Waals surface area contributed by atoms with Gasteiger partial charge in [-0.3, -0.25) is 4.79 Å². The third-order valence-electron chi connectivity index (χ3n) is 3.19. The van der Waals surface area contributed by atoms with E-state index >= 15 is 0 Å². The summed E-state index contributed by atoms with van der Waals surface area (Å²) in [5.74, 6) is -0.524. The van der Waals surface area contributed by atoms with Crippen LogP contribution in [-0.4, -0.2) is 28.0 Å². The molecule has 2 aromatic rings. The van der Waals surface area contributed by atoms with E-state index in [1.165, 1.54) is 12.1 Å². The molecule has 0 bridgehead atoms. The summed E-state index contributed by atoms with van der Waals surface area (Å²) in [7, 11) is 0. The van der Waals surface area contributed by atoms with E-state index in [1.807, 2.05) is 6.92 Å². The van der Waals surface area contributed by atoms with Crippen LogP contribution < -0.4 is 0 Å². The van der Waals surface area contributed by atoms with Gasteiger partial charge in [0.25, 0.3) is 5.22 Å². The predicted molar refractivity (Wildman–Crippen MR) is 89.7 cm³/mol. The van der Waals surface area contributed by atoms with E-state index in [0.717, 1.165) is 24.6 Å². The van der Waals surface area contributed by atoms with E-state index in [2.05, 4.69) is 10.2 Å². The molecule has 0 radical (unpaired) electrons. The number of rotatable bonds is 8. The minimum Gasteiger partial charge on any atom is -0.465 e. The van der Waals surface area contributed by atoms with Crippen LogP contribution in [-0.2, 0) is 16.0 Å². The number of carbonyl (C=O) groups is 1. The molecule has 130 valence electrons.